The van der Waals surface area contributed by atoms with Gasteiger partial charge in [-0.2, -0.15) is 0 Å². The quantitative estimate of drug-likeness (QED) is 0.225. The zero-order chi connectivity index (χ0) is 27.7. The van der Waals surface area contributed by atoms with E-state index in [4.69, 9.17) is 16.3 Å². The van der Waals surface area contributed by atoms with Crippen LogP contribution in [0.3, 0.4) is 0 Å². The van der Waals surface area contributed by atoms with Gasteiger partial charge in [-0.15, -0.1) is 11.3 Å². The lowest BCUT2D eigenvalue weighted by Gasteiger charge is -2.37. The van der Waals surface area contributed by atoms with Crippen LogP contribution in [0.2, 0.25) is 5.02 Å². The summed E-state index contributed by atoms with van der Waals surface area (Å²) in [5, 5.41) is 0.527. The zero-order valence-electron chi connectivity index (χ0n) is 22.9. The van der Waals surface area contributed by atoms with Gasteiger partial charge in [-0.05, 0) is 93.0 Å². The molecule has 1 aliphatic rings. The van der Waals surface area contributed by atoms with Crippen molar-refractivity contribution >= 4 is 38.9 Å². The van der Waals surface area contributed by atoms with Gasteiger partial charge in [0.2, 0.25) is 0 Å². The summed E-state index contributed by atoms with van der Waals surface area (Å²) in [6, 6.07) is 15.2. The molecule has 0 unspecified atom stereocenters. The Morgan fingerprint density at radius 2 is 1.79 bits per heavy atom. The topological polar surface area (TPSA) is 42.4 Å². The van der Waals surface area contributed by atoms with Crippen LogP contribution >= 0.6 is 22.9 Å². The van der Waals surface area contributed by atoms with Crippen LogP contribution in [0.4, 0.5) is 4.39 Å². The van der Waals surface area contributed by atoms with E-state index in [-0.39, 0.29) is 17.0 Å². The van der Waals surface area contributed by atoms with Crippen LogP contribution in [-0.4, -0.2) is 28.9 Å². The predicted octanol–water partition coefficient (Wildman–Crippen LogP) is 8.99. The standard InChI is InChI=1S/C32H34ClFN2O2S/c1-5-21-9-12-25(13-10-21)36(32(37)31-30(33)29-26(34)7-6-8-28(29)39-31)18-24-17-22(11-14-27(24)38-4)23-15-19(2)35-20(3)16-23/h6-8,11,14-17,21,25H,5,9-10,12-13,18H2,1-4H3/t21-,25-. The molecule has 1 amide bonds. The summed E-state index contributed by atoms with van der Waals surface area (Å²) in [4.78, 5) is 21.1. The van der Waals surface area contributed by atoms with E-state index in [0.717, 1.165) is 65.9 Å². The van der Waals surface area contributed by atoms with E-state index in [1.165, 1.54) is 17.4 Å². The summed E-state index contributed by atoms with van der Waals surface area (Å²) in [5.74, 6) is 0.870. The molecule has 2 heterocycles. The van der Waals surface area contributed by atoms with Gasteiger partial charge in [0, 0.05) is 39.6 Å². The summed E-state index contributed by atoms with van der Waals surface area (Å²) in [6.45, 7) is 6.60. The van der Waals surface area contributed by atoms with Crippen LogP contribution in [0.25, 0.3) is 21.2 Å². The number of ether oxygens (including phenoxy) is 1. The highest BCUT2D eigenvalue weighted by Crippen LogP contribution is 2.40. The maximum atomic E-state index is 14.6. The minimum atomic E-state index is -0.403. The number of rotatable bonds is 7. The number of hydrogen-bond donors (Lipinski definition) is 0. The number of hydrogen-bond acceptors (Lipinski definition) is 4. The number of amides is 1. The first-order valence-corrected chi connectivity index (χ1v) is 14.8. The molecule has 1 saturated carbocycles. The normalized spacial score (nSPS) is 17.4. The van der Waals surface area contributed by atoms with Crippen molar-refractivity contribution in [2.75, 3.05) is 7.11 Å². The van der Waals surface area contributed by atoms with E-state index < -0.39 is 5.82 Å². The molecule has 39 heavy (non-hydrogen) atoms. The second kappa shape index (κ2) is 11.6. The van der Waals surface area contributed by atoms with Gasteiger partial charge >= 0.3 is 0 Å². The van der Waals surface area contributed by atoms with Gasteiger partial charge in [-0.3, -0.25) is 9.78 Å². The molecular formula is C32H34ClFN2O2S. The lowest BCUT2D eigenvalue weighted by atomic mass is 9.83. The Bertz CT molecular complexity index is 1490. The predicted molar refractivity (Wildman–Crippen MR) is 158 cm³/mol. The summed E-state index contributed by atoms with van der Waals surface area (Å²) in [7, 11) is 1.66. The number of halogens is 2. The largest absolute Gasteiger partial charge is 0.496 e. The van der Waals surface area contributed by atoms with Crippen molar-refractivity contribution in [3.05, 3.63) is 81.2 Å². The van der Waals surface area contributed by atoms with E-state index in [0.29, 0.717) is 27.4 Å². The molecule has 0 spiro atoms. The second-order valence-corrected chi connectivity index (χ2v) is 12.0. The first-order valence-electron chi connectivity index (χ1n) is 13.6. The van der Waals surface area contributed by atoms with Gasteiger partial charge < -0.3 is 9.64 Å². The van der Waals surface area contributed by atoms with E-state index in [1.807, 2.05) is 36.9 Å². The first kappa shape index (κ1) is 27.6. The fourth-order valence-electron chi connectivity index (χ4n) is 5.84. The van der Waals surface area contributed by atoms with Crippen LogP contribution < -0.4 is 4.74 Å². The minimum absolute atomic E-state index is 0.0743. The highest BCUT2D eigenvalue weighted by Gasteiger charge is 2.32. The van der Waals surface area contributed by atoms with Gasteiger partial charge in [0.25, 0.3) is 5.91 Å². The van der Waals surface area contributed by atoms with Crippen molar-refractivity contribution in [1.29, 1.82) is 0 Å². The van der Waals surface area contributed by atoms with Crippen LogP contribution in [0.5, 0.6) is 5.75 Å². The van der Waals surface area contributed by atoms with Gasteiger partial charge in [0.05, 0.1) is 12.1 Å². The summed E-state index contributed by atoms with van der Waals surface area (Å²) in [5.41, 5.74) is 4.96. The van der Waals surface area contributed by atoms with Crippen molar-refractivity contribution in [3.63, 3.8) is 0 Å². The van der Waals surface area contributed by atoms with Crippen LogP contribution in [0.15, 0.2) is 48.5 Å². The summed E-state index contributed by atoms with van der Waals surface area (Å²) < 4.78 is 21.1. The van der Waals surface area contributed by atoms with Crippen molar-refractivity contribution < 1.29 is 13.9 Å². The number of pyridine rings is 1. The number of thiophene rings is 1. The molecule has 0 bridgehead atoms. The molecule has 7 heteroatoms. The van der Waals surface area contributed by atoms with E-state index in [9.17, 15) is 9.18 Å². The third-order valence-electron chi connectivity index (χ3n) is 7.93. The molecule has 0 aliphatic heterocycles. The maximum Gasteiger partial charge on any atom is 0.266 e. The second-order valence-electron chi connectivity index (χ2n) is 10.5. The molecule has 1 aliphatic carbocycles. The number of carbonyl (C=O) groups is 1. The average molecular weight is 565 g/mol. The number of carbonyl (C=O) groups excluding carboxylic acids is 1. The molecule has 0 radical (unpaired) electrons. The Morgan fingerprint density at radius 1 is 1.08 bits per heavy atom. The smallest absolute Gasteiger partial charge is 0.266 e. The number of fused-ring (bicyclic) bond motifs is 1. The molecule has 5 rings (SSSR count). The third kappa shape index (κ3) is 5.68. The van der Waals surface area contributed by atoms with Crippen LogP contribution in [-0.2, 0) is 6.54 Å². The van der Waals surface area contributed by atoms with Gasteiger partial charge in [-0.25, -0.2) is 4.39 Å². The highest BCUT2D eigenvalue weighted by atomic mass is 35.5. The minimum Gasteiger partial charge on any atom is -0.496 e. The van der Waals surface area contributed by atoms with Crippen molar-refractivity contribution in [2.45, 2.75) is 65.5 Å². The SMILES string of the molecule is CC[C@H]1CC[C@H](N(Cc2cc(-c3cc(C)nc(C)c3)ccc2OC)C(=O)c2sc3cccc(F)c3c2Cl)CC1. The Hall–Kier alpha value is -2.96. The van der Waals surface area contributed by atoms with Gasteiger partial charge in [-0.1, -0.05) is 37.1 Å². The molecule has 0 atom stereocenters. The van der Waals surface area contributed by atoms with Crippen molar-refractivity contribution in [3.8, 4) is 16.9 Å². The van der Waals surface area contributed by atoms with E-state index in [1.54, 1.807) is 13.2 Å². The summed E-state index contributed by atoms with van der Waals surface area (Å²) >= 11 is 7.94. The zero-order valence-corrected chi connectivity index (χ0v) is 24.5. The molecule has 0 saturated heterocycles. The lowest BCUT2D eigenvalue weighted by molar-refractivity contribution is 0.0591. The average Bonchev–Trinajstić information content (AvgIpc) is 3.28. The van der Waals surface area contributed by atoms with Crippen molar-refractivity contribution in [1.82, 2.24) is 9.88 Å². The molecule has 1 fully saturated rings. The summed E-state index contributed by atoms with van der Waals surface area (Å²) in [6.07, 6.45) is 5.21. The monoisotopic (exact) mass is 564 g/mol. The molecule has 4 nitrogen and oxygen atoms in total. The highest BCUT2D eigenvalue weighted by molar-refractivity contribution is 7.21. The number of nitrogens with zero attached hydrogens (tertiary/aromatic N) is 2. The number of aryl methyl sites for hydroxylation is 2. The molecule has 2 aromatic heterocycles. The number of benzene rings is 2. The lowest BCUT2D eigenvalue weighted by Crippen LogP contribution is -2.41. The fraction of sp³-hybridized carbons (Fsp3) is 0.375. The molecule has 0 N–H and O–H groups in total. The molecule has 204 valence electrons. The maximum absolute atomic E-state index is 14.6. The Balaban J connectivity index is 1.55. The third-order valence-corrected chi connectivity index (χ3v) is 9.56. The fourth-order valence-corrected chi connectivity index (χ4v) is 7.35. The molecule has 2 aromatic carbocycles. The number of aromatic nitrogens is 1. The Labute approximate surface area is 238 Å². The van der Waals surface area contributed by atoms with Gasteiger partial charge in [0.1, 0.15) is 16.4 Å². The van der Waals surface area contributed by atoms with Crippen LogP contribution in [0, 0.1) is 25.6 Å². The molecular weight excluding hydrogens is 531 g/mol. The van der Waals surface area contributed by atoms with Crippen LogP contribution in [0.1, 0.15) is 65.7 Å². The Morgan fingerprint density at radius 3 is 2.44 bits per heavy atom. The number of methoxy groups -OCH3 is 1. The molecule has 4 aromatic rings. The Kier molecular flexibility index (Phi) is 8.24. The van der Waals surface area contributed by atoms with E-state index in [2.05, 4.69) is 30.1 Å². The van der Waals surface area contributed by atoms with E-state index >= 15 is 0 Å². The van der Waals surface area contributed by atoms with Gasteiger partial charge in [0.15, 0.2) is 0 Å². The van der Waals surface area contributed by atoms with Crippen molar-refractivity contribution in [2.24, 2.45) is 5.92 Å². The first-order chi connectivity index (χ1) is 18.8.